The first-order valence-electron chi connectivity index (χ1n) is 6.13. The highest BCUT2D eigenvalue weighted by atomic mass is 16.3. The summed E-state index contributed by atoms with van der Waals surface area (Å²) in [5.74, 6) is 0.933. The maximum Gasteiger partial charge on any atom is 0.133 e. The molecule has 4 nitrogen and oxygen atoms in total. The van der Waals surface area contributed by atoms with E-state index in [0.29, 0.717) is 0 Å². The molecule has 0 aliphatic rings. The summed E-state index contributed by atoms with van der Waals surface area (Å²) in [7, 11) is 1.96. The Kier molecular flexibility index (Phi) is 5.38. The minimum atomic E-state index is 0.0671. The fourth-order valence-electron chi connectivity index (χ4n) is 1.79. The van der Waals surface area contributed by atoms with Gasteiger partial charge in [-0.3, -0.25) is 0 Å². The van der Waals surface area contributed by atoms with Crippen molar-refractivity contribution in [3.05, 3.63) is 23.9 Å². The quantitative estimate of drug-likeness (QED) is 0.788. The molecule has 4 heteroatoms. The van der Waals surface area contributed by atoms with E-state index in [1.165, 1.54) is 0 Å². The molecule has 0 aliphatic carbocycles. The third-order valence-electron chi connectivity index (χ3n) is 3.05. The Balaban J connectivity index is 2.98. The topological polar surface area (TPSA) is 48.4 Å². The van der Waals surface area contributed by atoms with Crippen molar-refractivity contribution in [3.63, 3.8) is 0 Å². The van der Waals surface area contributed by atoms with E-state index in [2.05, 4.69) is 30.2 Å². The van der Waals surface area contributed by atoms with E-state index in [-0.39, 0.29) is 18.7 Å². The number of rotatable bonds is 6. The van der Waals surface area contributed by atoms with Crippen LogP contribution < -0.4 is 10.2 Å². The van der Waals surface area contributed by atoms with Crippen molar-refractivity contribution < 1.29 is 5.11 Å². The molecule has 1 aromatic rings. The predicted molar refractivity (Wildman–Crippen MR) is 71.3 cm³/mol. The molecule has 0 bridgehead atoms. The smallest absolute Gasteiger partial charge is 0.133 e. The fraction of sp³-hybridized carbons (Fsp3) is 0.615. The van der Waals surface area contributed by atoms with E-state index >= 15 is 0 Å². The van der Waals surface area contributed by atoms with Crippen LogP contribution in [0.5, 0.6) is 0 Å². The molecule has 0 amide bonds. The van der Waals surface area contributed by atoms with E-state index in [4.69, 9.17) is 0 Å². The summed E-state index contributed by atoms with van der Waals surface area (Å²) in [4.78, 5) is 6.44. The van der Waals surface area contributed by atoms with Gasteiger partial charge in [-0.05, 0) is 26.5 Å². The number of aliphatic hydroxyl groups excluding tert-OH is 1. The van der Waals surface area contributed by atoms with Gasteiger partial charge in [-0.1, -0.05) is 13.0 Å². The van der Waals surface area contributed by atoms with Crippen LogP contribution in [0.3, 0.4) is 0 Å². The standard InChI is InChI=1S/C13H23N3O/c1-5-14-11(3)12-7-6-8-15-13(12)16(4)10(2)9-17/h6-8,10-11,14,17H,5,9H2,1-4H3. The minimum Gasteiger partial charge on any atom is -0.394 e. The van der Waals surface area contributed by atoms with Crippen molar-refractivity contribution in [2.45, 2.75) is 32.9 Å². The molecule has 2 unspecified atom stereocenters. The highest BCUT2D eigenvalue weighted by Crippen LogP contribution is 2.23. The van der Waals surface area contributed by atoms with E-state index in [0.717, 1.165) is 17.9 Å². The van der Waals surface area contributed by atoms with Crippen molar-refractivity contribution in [2.24, 2.45) is 0 Å². The average molecular weight is 237 g/mol. The molecule has 0 saturated heterocycles. The van der Waals surface area contributed by atoms with Crippen LogP contribution in [0.15, 0.2) is 18.3 Å². The first-order valence-corrected chi connectivity index (χ1v) is 6.13. The zero-order chi connectivity index (χ0) is 12.8. The van der Waals surface area contributed by atoms with Crippen LogP contribution in [0.4, 0.5) is 5.82 Å². The predicted octanol–water partition coefficient (Wildman–Crippen LogP) is 1.57. The number of nitrogens with one attached hydrogen (secondary N) is 1. The lowest BCUT2D eigenvalue weighted by Crippen LogP contribution is -2.34. The summed E-state index contributed by atoms with van der Waals surface area (Å²) in [6.45, 7) is 7.25. The van der Waals surface area contributed by atoms with Gasteiger partial charge < -0.3 is 15.3 Å². The number of pyridine rings is 1. The Morgan fingerprint density at radius 2 is 2.18 bits per heavy atom. The van der Waals surface area contributed by atoms with E-state index in [9.17, 15) is 5.11 Å². The average Bonchev–Trinajstić information content (AvgIpc) is 2.37. The molecule has 0 radical (unpaired) electrons. The molecule has 1 aromatic heterocycles. The lowest BCUT2D eigenvalue weighted by Gasteiger charge is -2.28. The van der Waals surface area contributed by atoms with E-state index < -0.39 is 0 Å². The van der Waals surface area contributed by atoms with E-state index in [1.807, 2.05) is 24.9 Å². The Bertz CT molecular complexity index is 343. The molecule has 0 saturated carbocycles. The maximum atomic E-state index is 9.21. The summed E-state index contributed by atoms with van der Waals surface area (Å²) < 4.78 is 0. The van der Waals surface area contributed by atoms with Crippen LogP contribution in [0.1, 0.15) is 32.4 Å². The van der Waals surface area contributed by atoms with Crippen LogP contribution in [0.25, 0.3) is 0 Å². The number of anilines is 1. The van der Waals surface area contributed by atoms with Crippen LogP contribution >= 0.6 is 0 Å². The molecule has 1 rings (SSSR count). The van der Waals surface area contributed by atoms with Gasteiger partial charge in [0, 0.05) is 24.8 Å². The number of hydrogen-bond donors (Lipinski definition) is 2. The number of aliphatic hydroxyl groups is 1. The molecule has 96 valence electrons. The van der Waals surface area contributed by atoms with Crippen molar-refractivity contribution in [1.82, 2.24) is 10.3 Å². The van der Waals surface area contributed by atoms with Crippen LogP contribution in [0, 0.1) is 0 Å². The van der Waals surface area contributed by atoms with Gasteiger partial charge in [0.2, 0.25) is 0 Å². The minimum absolute atomic E-state index is 0.0671. The number of nitrogens with zero attached hydrogens (tertiary/aromatic N) is 2. The Morgan fingerprint density at radius 1 is 1.47 bits per heavy atom. The lowest BCUT2D eigenvalue weighted by atomic mass is 10.1. The number of likely N-dealkylation sites (N-methyl/N-ethyl adjacent to an activating group) is 1. The van der Waals surface area contributed by atoms with Crippen molar-refractivity contribution in [3.8, 4) is 0 Å². The molecule has 0 aliphatic heterocycles. The Labute approximate surface area is 104 Å². The lowest BCUT2D eigenvalue weighted by molar-refractivity contribution is 0.269. The summed E-state index contributed by atoms with van der Waals surface area (Å²) in [5, 5.41) is 12.6. The summed E-state index contributed by atoms with van der Waals surface area (Å²) in [6.07, 6.45) is 1.79. The van der Waals surface area contributed by atoms with Crippen molar-refractivity contribution in [1.29, 1.82) is 0 Å². The van der Waals surface area contributed by atoms with Gasteiger partial charge in [0.1, 0.15) is 5.82 Å². The molecule has 2 atom stereocenters. The van der Waals surface area contributed by atoms with Gasteiger partial charge in [-0.2, -0.15) is 0 Å². The zero-order valence-corrected chi connectivity index (χ0v) is 11.1. The van der Waals surface area contributed by atoms with Gasteiger partial charge in [-0.25, -0.2) is 4.98 Å². The highest BCUT2D eigenvalue weighted by molar-refractivity contribution is 5.48. The van der Waals surface area contributed by atoms with Crippen molar-refractivity contribution in [2.75, 3.05) is 25.1 Å². The fourth-order valence-corrected chi connectivity index (χ4v) is 1.79. The normalized spacial score (nSPS) is 14.4. The van der Waals surface area contributed by atoms with Gasteiger partial charge in [0.15, 0.2) is 0 Å². The molecular weight excluding hydrogens is 214 g/mol. The molecule has 17 heavy (non-hydrogen) atoms. The summed E-state index contributed by atoms with van der Waals surface area (Å²) >= 11 is 0. The maximum absolute atomic E-state index is 9.21. The first-order chi connectivity index (χ1) is 8.11. The van der Waals surface area contributed by atoms with Crippen molar-refractivity contribution >= 4 is 5.82 Å². The SMILES string of the molecule is CCNC(C)c1cccnc1N(C)C(C)CO. The van der Waals surface area contributed by atoms with Crippen LogP contribution in [-0.2, 0) is 0 Å². The third-order valence-corrected chi connectivity index (χ3v) is 3.05. The third kappa shape index (κ3) is 3.41. The largest absolute Gasteiger partial charge is 0.394 e. The molecule has 0 spiro atoms. The summed E-state index contributed by atoms with van der Waals surface area (Å²) in [6, 6.07) is 4.36. The zero-order valence-electron chi connectivity index (χ0n) is 11.1. The van der Waals surface area contributed by atoms with Gasteiger partial charge in [-0.15, -0.1) is 0 Å². The Hall–Kier alpha value is -1.13. The molecule has 0 fully saturated rings. The van der Waals surface area contributed by atoms with Gasteiger partial charge in [0.05, 0.1) is 12.6 Å². The summed E-state index contributed by atoms with van der Waals surface area (Å²) in [5.41, 5.74) is 1.16. The Morgan fingerprint density at radius 3 is 2.76 bits per heavy atom. The van der Waals surface area contributed by atoms with Gasteiger partial charge >= 0.3 is 0 Å². The monoisotopic (exact) mass is 237 g/mol. The number of hydrogen-bond acceptors (Lipinski definition) is 4. The number of aromatic nitrogens is 1. The highest BCUT2D eigenvalue weighted by Gasteiger charge is 2.16. The van der Waals surface area contributed by atoms with Crippen LogP contribution in [-0.4, -0.2) is 36.3 Å². The van der Waals surface area contributed by atoms with Crippen LogP contribution in [0.2, 0.25) is 0 Å². The van der Waals surface area contributed by atoms with Gasteiger partial charge in [0.25, 0.3) is 0 Å². The second-order valence-corrected chi connectivity index (χ2v) is 4.34. The molecule has 1 heterocycles. The molecular formula is C13H23N3O. The molecule has 0 aromatic carbocycles. The second kappa shape index (κ2) is 6.57. The van der Waals surface area contributed by atoms with E-state index in [1.54, 1.807) is 6.20 Å². The molecule has 2 N–H and O–H groups in total. The second-order valence-electron chi connectivity index (χ2n) is 4.34. The first kappa shape index (κ1) is 13.9.